The van der Waals surface area contributed by atoms with Crippen molar-refractivity contribution in [1.82, 2.24) is 4.90 Å². The van der Waals surface area contributed by atoms with Gasteiger partial charge in [0.1, 0.15) is 0 Å². The Morgan fingerprint density at radius 1 is 1.33 bits per heavy atom. The molecule has 2 aliphatic rings. The maximum atomic E-state index is 2.64. The predicted octanol–water partition coefficient (Wildman–Crippen LogP) is 5.62. The molecule has 0 spiro atoms. The third kappa shape index (κ3) is 5.25. The zero-order chi connectivity index (χ0) is 15.1. The molecule has 2 heteroatoms. The maximum Gasteiger partial charge on any atom is 0.0378 e. The number of likely N-dealkylation sites (tertiary alicyclic amines) is 1. The Balaban J connectivity index is 1.85. The van der Waals surface area contributed by atoms with E-state index in [1.54, 1.807) is 5.70 Å². The molecule has 1 unspecified atom stereocenters. The smallest absolute Gasteiger partial charge is 0.0378 e. The summed E-state index contributed by atoms with van der Waals surface area (Å²) < 4.78 is 0. The fourth-order valence-corrected chi connectivity index (χ4v) is 4.12. The number of hydrogen-bond donors (Lipinski definition) is 0. The molecule has 0 amide bonds. The first-order valence-electron chi connectivity index (χ1n) is 8.68. The third-order valence-corrected chi connectivity index (χ3v) is 5.78. The number of hydrogen-bond acceptors (Lipinski definition) is 2. The van der Waals surface area contributed by atoms with Gasteiger partial charge in [-0.25, -0.2) is 0 Å². The molecule has 118 valence electrons. The van der Waals surface area contributed by atoms with Crippen LogP contribution in [0, 0.1) is 11.8 Å². The summed E-state index contributed by atoms with van der Waals surface area (Å²) in [6.07, 6.45) is 16.0. The van der Waals surface area contributed by atoms with E-state index in [9.17, 15) is 0 Å². The highest BCUT2D eigenvalue weighted by Crippen LogP contribution is 2.29. The summed E-state index contributed by atoms with van der Waals surface area (Å²) in [6, 6.07) is 0. The van der Waals surface area contributed by atoms with E-state index in [1.165, 1.54) is 43.7 Å². The van der Waals surface area contributed by atoms with Crippen molar-refractivity contribution in [2.45, 2.75) is 52.9 Å². The van der Waals surface area contributed by atoms with Crippen LogP contribution >= 0.6 is 11.8 Å². The molecule has 0 bridgehead atoms. The molecule has 21 heavy (non-hydrogen) atoms. The fourth-order valence-electron chi connectivity index (χ4n) is 3.12. The molecule has 0 saturated carbocycles. The molecule has 2 rings (SSSR count). The lowest BCUT2D eigenvalue weighted by molar-refractivity contribution is 0.223. The zero-order valence-corrected chi connectivity index (χ0v) is 14.8. The van der Waals surface area contributed by atoms with Crippen molar-refractivity contribution < 1.29 is 0 Å². The van der Waals surface area contributed by atoms with E-state index in [4.69, 9.17) is 0 Å². The highest BCUT2D eigenvalue weighted by molar-refractivity contribution is 8.03. The van der Waals surface area contributed by atoms with Crippen LogP contribution in [-0.2, 0) is 0 Å². The van der Waals surface area contributed by atoms with E-state index in [-0.39, 0.29) is 0 Å². The van der Waals surface area contributed by atoms with E-state index >= 15 is 0 Å². The fraction of sp³-hybridized carbons (Fsp3) is 0.684. The van der Waals surface area contributed by atoms with Crippen molar-refractivity contribution in [2.75, 3.05) is 18.8 Å². The molecule has 0 N–H and O–H groups in total. The van der Waals surface area contributed by atoms with Gasteiger partial charge in [0, 0.05) is 29.4 Å². The highest BCUT2D eigenvalue weighted by Gasteiger charge is 2.19. The first-order chi connectivity index (χ1) is 10.2. The first kappa shape index (κ1) is 16.7. The second-order valence-corrected chi connectivity index (χ2v) is 7.46. The van der Waals surface area contributed by atoms with Crippen LogP contribution < -0.4 is 0 Å². The van der Waals surface area contributed by atoms with E-state index in [2.05, 4.69) is 50.0 Å². The van der Waals surface area contributed by atoms with Crippen LogP contribution in [0.25, 0.3) is 0 Å². The summed E-state index contributed by atoms with van der Waals surface area (Å²) in [5.41, 5.74) is 1.56. The normalized spacial score (nSPS) is 24.3. The van der Waals surface area contributed by atoms with Crippen molar-refractivity contribution in [3.8, 4) is 0 Å². The van der Waals surface area contributed by atoms with Crippen LogP contribution in [0.2, 0.25) is 0 Å². The highest BCUT2D eigenvalue weighted by atomic mass is 32.2. The Kier molecular flexibility index (Phi) is 6.95. The van der Waals surface area contributed by atoms with Gasteiger partial charge in [-0.3, -0.25) is 0 Å². The first-order valence-corrected chi connectivity index (χ1v) is 9.66. The summed E-state index contributed by atoms with van der Waals surface area (Å²) >= 11 is 2.01. The van der Waals surface area contributed by atoms with Gasteiger partial charge in [0.15, 0.2) is 0 Å². The second-order valence-electron chi connectivity index (χ2n) is 6.41. The van der Waals surface area contributed by atoms with Gasteiger partial charge in [-0.1, -0.05) is 51.5 Å². The molecular weight excluding hydrogens is 274 g/mol. The van der Waals surface area contributed by atoms with E-state index in [0.717, 1.165) is 18.1 Å². The van der Waals surface area contributed by atoms with Crippen molar-refractivity contribution >= 4 is 11.8 Å². The quantitative estimate of drug-likeness (QED) is 0.627. The van der Waals surface area contributed by atoms with Gasteiger partial charge in [-0.05, 0) is 37.5 Å². The summed E-state index contributed by atoms with van der Waals surface area (Å²) in [5, 5.41) is 0. The summed E-state index contributed by atoms with van der Waals surface area (Å²) in [6.45, 7) is 9.40. The van der Waals surface area contributed by atoms with E-state index in [1.807, 2.05) is 11.8 Å². The van der Waals surface area contributed by atoms with Gasteiger partial charge in [0.25, 0.3) is 0 Å². The Labute approximate surface area is 135 Å². The molecular formula is C19H31NS. The largest absolute Gasteiger partial charge is 0.374 e. The van der Waals surface area contributed by atoms with E-state index in [0.29, 0.717) is 5.92 Å². The minimum atomic E-state index is 0.716. The maximum absolute atomic E-state index is 2.64. The van der Waals surface area contributed by atoms with Crippen molar-refractivity contribution in [2.24, 2.45) is 11.8 Å². The lowest BCUT2D eigenvalue weighted by Gasteiger charge is -2.35. The standard InChI is InChI=1S/C19H31NS/c1-4-6-18(20-13-11-17(5-2)12-14-20)15-21-19-9-7-16(3)8-10-19/h6-7,9-10,16-17H,4-5,8,11-15H2,1-3H3/b18-6-. The van der Waals surface area contributed by atoms with Crippen LogP contribution in [0.4, 0.5) is 0 Å². The van der Waals surface area contributed by atoms with Crippen LogP contribution in [-0.4, -0.2) is 23.7 Å². The van der Waals surface area contributed by atoms with Crippen molar-refractivity contribution in [1.29, 1.82) is 0 Å². The number of piperidine rings is 1. The molecule has 0 aromatic rings. The second kappa shape index (κ2) is 8.73. The van der Waals surface area contributed by atoms with Crippen LogP contribution in [0.3, 0.4) is 0 Å². The van der Waals surface area contributed by atoms with Gasteiger partial charge in [0.05, 0.1) is 0 Å². The van der Waals surface area contributed by atoms with Gasteiger partial charge in [-0.15, -0.1) is 11.8 Å². The van der Waals surface area contributed by atoms with Crippen LogP contribution in [0.15, 0.2) is 34.9 Å². The number of nitrogens with zero attached hydrogens (tertiary/aromatic N) is 1. The minimum absolute atomic E-state index is 0.716. The molecule has 1 atom stereocenters. The lowest BCUT2D eigenvalue weighted by atomic mass is 9.94. The monoisotopic (exact) mass is 305 g/mol. The van der Waals surface area contributed by atoms with Gasteiger partial charge >= 0.3 is 0 Å². The molecule has 1 saturated heterocycles. The Hall–Kier alpha value is -0.630. The Morgan fingerprint density at radius 3 is 2.67 bits per heavy atom. The van der Waals surface area contributed by atoms with Crippen LogP contribution in [0.1, 0.15) is 52.9 Å². The molecule has 0 radical (unpaired) electrons. The number of thioether (sulfide) groups is 1. The van der Waals surface area contributed by atoms with Crippen molar-refractivity contribution in [3.05, 3.63) is 34.9 Å². The molecule has 0 aromatic carbocycles. The molecule has 0 aromatic heterocycles. The molecule has 1 fully saturated rings. The molecule has 1 aliphatic carbocycles. The Bertz CT molecular complexity index is 400. The summed E-state index contributed by atoms with van der Waals surface area (Å²) in [7, 11) is 0. The molecule has 1 nitrogen and oxygen atoms in total. The summed E-state index contributed by atoms with van der Waals surface area (Å²) in [4.78, 5) is 4.09. The average molecular weight is 306 g/mol. The van der Waals surface area contributed by atoms with E-state index < -0.39 is 0 Å². The molecule has 1 aliphatic heterocycles. The summed E-state index contributed by atoms with van der Waals surface area (Å²) in [5.74, 6) is 2.81. The van der Waals surface area contributed by atoms with Crippen molar-refractivity contribution in [3.63, 3.8) is 0 Å². The SMILES string of the molecule is CC/C=C(/CSC1=CCC(C)C=C1)N1CCC(CC)CC1. The van der Waals surface area contributed by atoms with Gasteiger partial charge in [-0.2, -0.15) is 0 Å². The molecule has 1 heterocycles. The number of rotatable bonds is 6. The van der Waals surface area contributed by atoms with Gasteiger partial charge in [0.2, 0.25) is 0 Å². The minimum Gasteiger partial charge on any atom is -0.374 e. The third-order valence-electron chi connectivity index (χ3n) is 4.70. The lowest BCUT2D eigenvalue weighted by Crippen LogP contribution is -2.33. The number of allylic oxidation sites excluding steroid dienone is 4. The van der Waals surface area contributed by atoms with Gasteiger partial charge < -0.3 is 4.90 Å². The zero-order valence-electron chi connectivity index (χ0n) is 14.0. The predicted molar refractivity (Wildman–Crippen MR) is 96.4 cm³/mol. The topological polar surface area (TPSA) is 3.24 Å². The van der Waals surface area contributed by atoms with Crippen LogP contribution in [0.5, 0.6) is 0 Å². The average Bonchev–Trinajstić information content (AvgIpc) is 2.53. The Morgan fingerprint density at radius 2 is 2.10 bits per heavy atom.